The van der Waals surface area contributed by atoms with Crippen LogP contribution in [0.4, 0.5) is 0 Å². The van der Waals surface area contributed by atoms with Crippen molar-refractivity contribution in [2.24, 2.45) is 0 Å². The second kappa shape index (κ2) is 4.26. The molecule has 0 radical (unpaired) electrons. The Morgan fingerprint density at radius 2 is 2.00 bits per heavy atom. The Kier molecular flexibility index (Phi) is 2.97. The maximum absolute atomic E-state index is 11.3. The fraction of sp³-hybridized carbons (Fsp3) is 0.462. The second-order valence-corrected chi connectivity index (χ2v) is 4.42. The number of cyclic esters (lactones) is 1. The summed E-state index contributed by atoms with van der Waals surface area (Å²) in [6.07, 6.45) is -0.675. The topological polar surface area (TPSA) is 46.5 Å². The second-order valence-electron chi connectivity index (χ2n) is 4.42. The van der Waals surface area contributed by atoms with Gasteiger partial charge >= 0.3 is 5.97 Å². The van der Waals surface area contributed by atoms with Gasteiger partial charge in [-0.15, -0.1) is 0 Å². The number of rotatable bonds is 2. The molecule has 86 valence electrons. The quantitative estimate of drug-likeness (QED) is 0.773. The molecule has 1 N–H and O–H groups in total. The molecule has 1 heterocycles. The fourth-order valence-corrected chi connectivity index (χ4v) is 2.13. The van der Waals surface area contributed by atoms with E-state index in [1.54, 1.807) is 6.92 Å². The van der Waals surface area contributed by atoms with Crippen LogP contribution in [-0.2, 0) is 9.53 Å². The lowest BCUT2D eigenvalue weighted by molar-refractivity contribution is -0.145. The Hall–Kier alpha value is -1.35. The average molecular weight is 220 g/mol. The molecule has 1 aliphatic rings. The van der Waals surface area contributed by atoms with Gasteiger partial charge in [-0.1, -0.05) is 29.8 Å². The van der Waals surface area contributed by atoms with Crippen LogP contribution >= 0.6 is 0 Å². The Morgan fingerprint density at radius 3 is 2.56 bits per heavy atom. The molecule has 0 bridgehead atoms. The van der Waals surface area contributed by atoms with E-state index >= 15 is 0 Å². The number of hydrogen-bond donors (Lipinski definition) is 1. The van der Waals surface area contributed by atoms with Gasteiger partial charge in [0.25, 0.3) is 0 Å². The lowest BCUT2D eigenvalue weighted by Crippen LogP contribution is -2.27. The maximum Gasteiger partial charge on any atom is 0.306 e. The van der Waals surface area contributed by atoms with E-state index in [0.717, 1.165) is 5.56 Å². The number of ether oxygens (including phenoxy) is 1. The van der Waals surface area contributed by atoms with E-state index in [1.165, 1.54) is 5.56 Å². The number of esters is 1. The van der Waals surface area contributed by atoms with E-state index in [0.29, 0.717) is 6.42 Å². The highest BCUT2D eigenvalue weighted by molar-refractivity contribution is 5.73. The first-order chi connectivity index (χ1) is 7.58. The molecule has 0 amide bonds. The Labute approximate surface area is 95.0 Å². The number of aryl methyl sites for hydroxylation is 1. The lowest BCUT2D eigenvalue weighted by Gasteiger charge is -2.20. The molecule has 1 saturated heterocycles. The van der Waals surface area contributed by atoms with Crippen LogP contribution in [0.1, 0.15) is 30.4 Å². The van der Waals surface area contributed by atoms with Crippen molar-refractivity contribution in [1.29, 1.82) is 0 Å². The summed E-state index contributed by atoms with van der Waals surface area (Å²) in [5.74, 6) is -0.246. The monoisotopic (exact) mass is 220 g/mol. The van der Waals surface area contributed by atoms with Crippen LogP contribution < -0.4 is 0 Å². The van der Waals surface area contributed by atoms with Gasteiger partial charge in [0.15, 0.2) is 0 Å². The first-order valence-electron chi connectivity index (χ1n) is 5.52. The molecule has 1 aliphatic heterocycles. The summed E-state index contributed by atoms with van der Waals surface area (Å²) in [6.45, 7) is 3.68. The minimum atomic E-state index is -0.627. The molecular formula is C13H16O3. The van der Waals surface area contributed by atoms with Gasteiger partial charge in [-0.05, 0) is 19.4 Å². The summed E-state index contributed by atoms with van der Waals surface area (Å²) in [5, 5.41) is 9.58. The van der Waals surface area contributed by atoms with E-state index in [1.807, 2.05) is 31.2 Å². The van der Waals surface area contributed by atoms with Gasteiger partial charge in [0.05, 0.1) is 12.5 Å². The summed E-state index contributed by atoms with van der Waals surface area (Å²) in [7, 11) is 0. The first-order valence-corrected chi connectivity index (χ1v) is 5.52. The van der Waals surface area contributed by atoms with E-state index in [4.69, 9.17) is 4.74 Å². The molecule has 1 aromatic carbocycles. The minimum Gasteiger partial charge on any atom is -0.459 e. The lowest BCUT2D eigenvalue weighted by atomic mass is 9.90. The predicted octanol–water partition coefficient (Wildman–Crippen LogP) is 1.77. The Balaban J connectivity index is 2.25. The zero-order valence-electron chi connectivity index (χ0n) is 9.51. The third-order valence-electron chi connectivity index (χ3n) is 3.03. The third kappa shape index (κ3) is 2.09. The molecule has 3 atom stereocenters. The Morgan fingerprint density at radius 1 is 1.38 bits per heavy atom. The number of hydrogen-bond acceptors (Lipinski definition) is 3. The van der Waals surface area contributed by atoms with Crippen molar-refractivity contribution in [3.63, 3.8) is 0 Å². The van der Waals surface area contributed by atoms with Crippen molar-refractivity contribution >= 4 is 5.97 Å². The van der Waals surface area contributed by atoms with Crippen LogP contribution in [0.25, 0.3) is 0 Å². The first kappa shape index (κ1) is 11.1. The van der Waals surface area contributed by atoms with Gasteiger partial charge in [0.2, 0.25) is 0 Å². The van der Waals surface area contributed by atoms with Crippen LogP contribution in [0.5, 0.6) is 0 Å². The summed E-state index contributed by atoms with van der Waals surface area (Å²) in [4.78, 5) is 11.3. The molecule has 1 aromatic rings. The highest BCUT2D eigenvalue weighted by Crippen LogP contribution is 2.33. The molecular weight excluding hydrogens is 204 g/mol. The molecule has 16 heavy (non-hydrogen) atoms. The van der Waals surface area contributed by atoms with Crippen molar-refractivity contribution in [1.82, 2.24) is 0 Å². The normalized spacial score (nSPS) is 26.6. The van der Waals surface area contributed by atoms with Crippen molar-refractivity contribution in [3.05, 3.63) is 35.4 Å². The molecule has 0 saturated carbocycles. The van der Waals surface area contributed by atoms with E-state index in [2.05, 4.69) is 0 Å². The maximum atomic E-state index is 11.3. The molecule has 3 heteroatoms. The zero-order chi connectivity index (χ0) is 11.7. The number of carbonyl (C=O) groups excluding carboxylic acids is 1. The molecule has 2 rings (SSSR count). The van der Waals surface area contributed by atoms with Crippen molar-refractivity contribution in [2.75, 3.05) is 0 Å². The SMILES string of the molecule is Cc1ccc([C@@H]2CC(=O)O[C@H]2[C@H](C)O)cc1. The number of carbonyl (C=O) groups is 1. The zero-order valence-corrected chi connectivity index (χ0v) is 9.51. The molecule has 0 aromatic heterocycles. The number of benzene rings is 1. The minimum absolute atomic E-state index is 0.0203. The molecule has 3 nitrogen and oxygen atoms in total. The van der Waals surface area contributed by atoms with Crippen molar-refractivity contribution in [3.8, 4) is 0 Å². The summed E-state index contributed by atoms with van der Waals surface area (Å²) >= 11 is 0. The van der Waals surface area contributed by atoms with Crippen LogP contribution in [-0.4, -0.2) is 23.3 Å². The Bertz CT molecular complexity index is 381. The van der Waals surface area contributed by atoms with Gasteiger partial charge in [0, 0.05) is 5.92 Å². The molecule has 0 aliphatic carbocycles. The van der Waals surface area contributed by atoms with Crippen LogP contribution in [0.3, 0.4) is 0 Å². The van der Waals surface area contributed by atoms with E-state index in [9.17, 15) is 9.90 Å². The predicted molar refractivity (Wildman–Crippen MR) is 60.1 cm³/mol. The smallest absolute Gasteiger partial charge is 0.306 e. The fourth-order valence-electron chi connectivity index (χ4n) is 2.13. The molecule has 0 unspecified atom stereocenters. The van der Waals surface area contributed by atoms with Crippen LogP contribution in [0.15, 0.2) is 24.3 Å². The third-order valence-corrected chi connectivity index (χ3v) is 3.03. The molecule has 1 fully saturated rings. The van der Waals surface area contributed by atoms with E-state index < -0.39 is 12.2 Å². The highest BCUT2D eigenvalue weighted by atomic mass is 16.6. The average Bonchev–Trinajstić information content (AvgIpc) is 2.61. The van der Waals surface area contributed by atoms with Gasteiger partial charge < -0.3 is 9.84 Å². The van der Waals surface area contributed by atoms with Crippen LogP contribution in [0, 0.1) is 6.92 Å². The standard InChI is InChI=1S/C13H16O3/c1-8-3-5-10(6-4-8)11-7-12(15)16-13(11)9(2)14/h3-6,9,11,13-14H,7H2,1-2H3/t9-,11-,13-/m0/s1. The van der Waals surface area contributed by atoms with Gasteiger partial charge in [-0.2, -0.15) is 0 Å². The number of aliphatic hydroxyl groups is 1. The summed E-state index contributed by atoms with van der Waals surface area (Å²) < 4.78 is 5.13. The van der Waals surface area contributed by atoms with Gasteiger partial charge in [0.1, 0.15) is 6.10 Å². The van der Waals surface area contributed by atoms with Crippen molar-refractivity contribution in [2.45, 2.75) is 38.4 Å². The van der Waals surface area contributed by atoms with Crippen LogP contribution in [0.2, 0.25) is 0 Å². The van der Waals surface area contributed by atoms with Gasteiger partial charge in [-0.25, -0.2) is 0 Å². The van der Waals surface area contributed by atoms with Crippen molar-refractivity contribution < 1.29 is 14.6 Å². The highest BCUT2D eigenvalue weighted by Gasteiger charge is 2.38. The molecule has 0 spiro atoms. The summed E-state index contributed by atoms with van der Waals surface area (Å²) in [5.41, 5.74) is 2.24. The van der Waals surface area contributed by atoms with E-state index in [-0.39, 0.29) is 11.9 Å². The summed E-state index contributed by atoms with van der Waals surface area (Å²) in [6, 6.07) is 8.02. The number of aliphatic hydroxyl groups excluding tert-OH is 1. The largest absolute Gasteiger partial charge is 0.459 e. The van der Waals surface area contributed by atoms with Gasteiger partial charge in [-0.3, -0.25) is 4.79 Å².